The van der Waals surface area contributed by atoms with Crippen LogP contribution in [0.2, 0.25) is 0 Å². The molecule has 0 aliphatic heterocycles. The zero-order chi connectivity index (χ0) is 24.1. The molecule has 5 atom stereocenters. The van der Waals surface area contributed by atoms with Crippen molar-refractivity contribution < 1.29 is 34.2 Å². The Labute approximate surface area is 185 Å². The number of carbonyl (C=O) groups is 5. The quantitative estimate of drug-likeness (QED) is 0.0850. The number of primary amides is 1. The van der Waals surface area contributed by atoms with Crippen molar-refractivity contribution in [2.24, 2.45) is 17.2 Å². The molecule has 0 aromatic rings. The SMILES string of the molecule is CC(O)C(N)C(=O)NC(CS)C(=O)NC(CCCCN)C(=O)NC(CC(N)=O)C(=O)O. The van der Waals surface area contributed by atoms with E-state index in [1.165, 1.54) is 6.92 Å². The lowest BCUT2D eigenvalue weighted by molar-refractivity contribution is -0.143. The number of carbonyl (C=O) groups excluding carboxylic acids is 4. The molecule has 11 N–H and O–H groups in total. The van der Waals surface area contributed by atoms with Gasteiger partial charge in [-0.3, -0.25) is 19.2 Å². The number of hydrogen-bond acceptors (Lipinski definition) is 9. The van der Waals surface area contributed by atoms with E-state index in [0.717, 1.165) is 0 Å². The lowest BCUT2D eigenvalue weighted by atomic mass is 10.1. The van der Waals surface area contributed by atoms with E-state index in [1.807, 2.05) is 0 Å². The summed E-state index contributed by atoms with van der Waals surface area (Å²) >= 11 is 4.00. The molecule has 0 heterocycles. The largest absolute Gasteiger partial charge is 0.480 e. The lowest BCUT2D eigenvalue weighted by Gasteiger charge is -2.24. The fourth-order valence-electron chi connectivity index (χ4n) is 2.39. The third kappa shape index (κ3) is 11.0. The molecule has 31 heavy (non-hydrogen) atoms. The van der Waals surface area contributed by atoms with Gasteiger partial charge in [-0.05, 0) is 32.7 Å². The average molecular weight is 465 g/mol. The third-order valence-electron chi connectivity index (χ3n) is 4.24. The van der Waals surface area contributed by atoms with Crippen molar-refractivity contribution >= 4 is 42.2 Å². The summed E-state index contributed by atoms with van der Waals surface area (Å²) in [6.07, 6.45) is -0.682. The molecule has 0 spiro atoms. The van der Waals surface area contributed by atoms with Crippen LogP contribution in [0.25, 0.3) is 0 Å². The molecule has 0 aromatic heterocycles. The number of aliphatic hydroxyl groups is 1. The van der Waals surface area contributed by atoms with Gasteiger partial charge in [0.25, 0.3) is 0 Å². The van der Waals surface area contributed by atoms with Gasteiger partial charge in [-0.25, -0.2) is 4.79 Å². The molecule has 5 unspecified atom stereocenters. The van der Waals surface area contributed by atoms with E-state index in [4.69, 9.17) is 22.3 Å². The zero-order valence-electron chi connectivity index (χ0n) is 17.2. The molecule has 0 rings (SSSR count). The molecule has 13 nitrogen and oxygen atoms in total. The van der Waals surface area contributed by atoms with Crippen molar-refractivity contribution in [2.75, 3.05) is 12.3 Å². The molecule has 0 saturated carbocycles. The number of nitrogens with two attached hydrogens (primary N) is 3. The van der Waals surface area contributed by atoms with Gasteiger partial charge in [-0.2, -0.15) is 12.6 Å². The van der Waals surface area contributed by atoms with Gasteiger partial charge in [0.1, 0.15) is 24.2 Å². The molecule has 0 radical (unpaired) electrons. The molecule has 0 aromatic carbocycles. The number of aliphatic hydroxyl groups excluding tert-OH is 1. The van der Waals surface area contributed by atoms with Crippen LogP contribution in [-0.4, -0.2) is 82.4 Å². The topological polar surface area (TPSA) is 240 Å². The zero-order valence-corrected chi connectivity index (χ0v) is 18.1. The monoisotopic (exact) mass is 464 g/mol. The Hall–Kier alpha value is -2.42. The fraction of sp³-hybridized carbons (Fsp3) is 0.706. The van der Waals surface area contributed by atoms with E-state index in [0.29, 0.717) is 19.4 Å². The number of carboxylic acids is 1. The summed E-state index contributed by atoms with van der Waals surface area (Å²) in [7, 11) is 0. The molecule has 178 valence electrons. The summed E-state index contributed by atoms with van der Waals surface area (Å²) in [5.74, 6) is -4.93. The Kier molecular flexibility index (Phi) is 13.4. The highest BCUT2D eigenvalue weighted by atomic mass is 32.1. The summed E-state index contributed by atoms with van der Waals surface area (Å²) in [5.41, 5.74) is 16.0. The summed E-state index contributed by atoms with van der Waals surface area (Å²) < 4.78 is 0. The van der Waals surface area contributed by atoms with Crippen LogP contribution in [0.1, 0.15) is 32.6 Å². The Morgan fingerprint density at radius 3 is 1.90 bits per heavy atom. The maximum atomic E-state index is 12.6. The van der Waals surface area contributed by atoms with Crippen molar-refractivity contribution in [3.8, 4) is 0 Å². The summed E-state index contributed by atoms with van der Waals surface area (Å²) in [5, 5.41) is 25.5. The van der Waals surface area contributed by atoms with Gasteiger partial charge < -0.3 is 43.4 Å². The maximum absolute atomic E-state index is 12.6. The number of carboxylic acid groups (broad SMARTS) is 1. The van der Waals surface area contributed by atoms with Gasteiger partial charge in [0.05, 0.1) is 12.5 Å². The van der Waals surface area contributed by atoms with E-state index in [2.05, 4.69) is 28.6 Å². The van der Waals surface area contributed by atoms with Gasteiger partial charge in [-0.15, -0.1) is 0 Å². The van der Waals surface area contributed by atoms with Crippen molar-refractivity contribution in [1.29, 1.82) is 0 Å². The minimum Gasteiger partial charge on any atom is -0.480 e. The van der Waals surface area contributed by atoms with Gasteiger partial charge >= 0.3 is 5.97 Å². The Balaban J connectivity index is 5.31. The Morgan fingerprint density at radius 2 is 1.45 bits per heavy atom. The minimum atomic E-state index is -1.57. The first-order valence-corrected chi connectivity index (χ1v) is 10.2. The lowest BCUT2D eigenvalue weighted by Crippen LogP contribution is -2.58. The molecule has 4 amide bonds. The predicted octanol–water partition coefficient (Wildman–Crippen LogP) is -3.83. The maximum Gasteiger partial charge on any atom is 0.326 e. The molecule has 0 aliphatic carbocycles. The van der Waals surface area contributed by atoms with Crippen molar-refractivity contribution in [3.63, 3.8) is 0 Å². The second-order valence-electron chi connectivity index (χ2n) is 6.93. The minimum absolute atomic E-state index is 0.123. The smallest absolute Gasteiger partial charge is 0.326 e. The number of amides is 4. The molecule has 0 bridgehead atoms. The van der Waals surface area contributed by atoms with Crippen molar-refractivity contribution in [2.45, 2.75) is 62.9 Å². The van der Waals surface area contributed by atoms with E-state index < -0.39 is 66.3 Å². The third-order valence-corrected chi connectivity index (χ3v) is 4.60. The molecular formula is C17H32N6O7S. The van der Waals surface area contributed by atoms with Gasteiger partial charge in [0, 0.05) is 5.75 Å². The standard InChI is InChI=1S/C17H32N6O7S/c1-8(24)13(20)16(28)23-11(7-31)15(27)21-9(4-2-3-5-18)14(26)22-10(17(29)30)6-12(19)25/h8-11,13,24,31H,2-7,18,20H2,1H3,(H2,19,25)(H,21,27)(H,22,26)(H,23,28)(H,29,30). The number of aliphatic carboxylic acids is 1. The van der Waals surface area contributed by atoms with E-state index in [-0.39, 0.29) is 12.2 Å². The number of hydrogen-bond donors (Lipinski definition) is 9. The van der Waals surface area contributed by atoms with Crippen LogP contribution in [-0.2, 0) is 24.0 Å². The summed E-state index contributed by atoms with van der Waals surface area (Å²) in [4.78, 5) is 59.4. The highest BCUT2D eigenvalue weighted by Gasteiger charge is 2.30. The first-order chi connectivity index (χ1) is 14.4. The van der Waals surface area contributed by atoms with E-state index >= 15 is 0 Å². The van der Waals surface area contributed by atoms with Crippen LogP contribution in [0.15, 0.2) is 0 Å². The first kappa shape index (κ1) is 28.6. The van der Waals surface area contributed by atoms with Crippen LogP contribution in [0.5, 0.6) is 0 Å². The molecule has 14 heteroatoms. The van der Waals surface area contributed by atoms with Gasteiger partial charge in [-0.1, -0.05) is 0 Å². The average Bonchev–Trinajstić information content (AvgIpc) is 2.69. The predicted molar refractivity (Wildman–Crippen MR) is 114 cm³/mol. The number of unbranched alkanes of at least 4 members (excludes halogenated alkanes) is 1. The Morgan fingerprint density at radius 1 is 0.935 bits per heavy atom. The highest BCUT2D eigenvalue weighted by molar-refractivity contribution is 7.80. The molecular weight excluding hydrogens is 432 g/mol. The summed E-state index contributed by atoms with van der Waals surface area (Å²) in [6, 6.07) is -5.18. The summed E-state index contributed by atoms with van der Waals surface area (Å²) in [6.45, 7) is 1.65. The van der Waals surface area contributed by atoms with Gasteiger partial charge in [0.15, 0.2) is 0 Å². The van der Waals surface area contributed by atoms with E-state index in [1.54, 1.807) is 0 Å². The van der Waals surface area contributed by atoms with E-state index in [9.17, 15) is 29.1 Å². The molecule has 0 aliphatic rings. The van der Waals surface area contributed by atoms with Crippen molar-refractivity contribution in [3.05, 3.63) is 0 Å². The molecule has 0 fully saturated rings. The normalized spacial score (nSPS) is 15.6. The second-order valence-corrected chi connectivity index (χ2v) is 7.29. The number of thiol groups is 1. The first-order valence-electron chi connectivity index (χ1n) is 9.61. The van der Waals surface area contributed by atoms with Crippen LogP contribution >= 0.6 is 12.6 Å². The van der Waals surface area contributed by atoms with Crippen LogP contribution in [0, 0.1) is 0 Å². The van der Waals surface area contributed by atoms with Crippen LogP contribution in [0.3, 0.4) is 0 Å². The highest BCUT2D eigenvalue weighted by Crippen LogP contribution is 2.04. The second kappa shape index (κ2) is 14.6. The van der Waals surface area contributed by atoms with Crippen LogP contribution in [0.4, 0.5) is 0 Å². The Bertz CT molecular complexity index is 648. The van der Waals surface area contributed by atoms with Crippen LogP contribution < -0.4 is 33.2 Å². The fourth-order valence-corrected chi connectivity index (χ4v) is 2.65. The number of rotatable bonds is 15. The van der Waals surface area contributed by atoms with Gasteiger partial charge in [0.2, 0.25) is 23.6 Å². The molecule has 0 saturated heterocycles. The van der Waals surface area contributed by atoms with Crippen molar-refractivity contribution in [1.82, 2.24) is 16.0 Å². The number of nitrogens with one attached hydrogen (secondary N) is 3.